The van der Waals surface area contributed by atoms with E-state index < -0.39 is 12.0 Å². The molecule has 1 fully saturated rings. The van der Waals surface area contributed by atoms with Gasteiger partial charge in [-0.25, -0.2) is 0 Å². The van der Waals surface area contributed by atoms with E-state index in [1.54, 1.807) is 0 Å². The third kappa shape index (κ3) is 10.2. The molecular weight excluding hydrogens is 366 g/mol. The van der Waals surface area contributed by atoms with Gasteiger partial charge in [-0.15, -0.1) is 0 Å². The van der Waals surface area contributed by atoms with E-state index in [2.05, 4.69) is 0 Å². The highest BCUT2D eigenvalue weighted by molar-refractivity contribution is 5.97. The average molecular weight is 402 g/mol. The number of carbonyl (C=O) groups excluding carboxylic acids is 1. The zero-order chi connectivity index (χ0) is 21.5. The van der Waals surface area contributed by atoms with Crippen molar-refractivity contribution in [2.75, 3.05) is 6.54 Å². The maximum atomic E-state index is 10.6. The van der Waals surface area contributed by atoms with E-state index in [0.29, 0.717) is 19.0 Å². The SMILES string of the molecule is NC1CCCCC1.NCCCC[C@H](N)C(=O)O.O=Cc1cccc2ccccc12. The predicted octanol–water partition coefficient (Wildman–Crippen LogP) is 3.46. The number of fused-ring (bicyclic) bond motifs is 1. The molecular formula is C23H35N3O3. The fraction of sp³-hybridized carbons (Fsp3) is 0.478. The summed E-state index contributed by atoms with van der Waals surface area (Å²) in [6, 6.07) is 13.4. The van der Waals surface area contributed by atoms with Crippen LogP contribution in [0.4, 0.5) is 0 Å². The van der Waals surface area contributed by atoms with Crippen molar-refractivity contribution in [1.29, 1.82) is 0 Å². The third-order valence-corrected chi connectivity index (χ3v) is 4.89. The number of rotatable bonds is 6. The highest BCUT2D eigenvalue weighted by Gasteiger charge is 2.09. The fourth-order valence-electron chi connectivity index (χ4n) is 3.12. The Hall–Kier alpha value is -2.28. The molecule has 0 heterocycles. The summed E-state index contributed by atoms with van der Waals surface area (Å²) in [6.07, 6.45) is 9.72. The second kappa shape index (κ2) is 14.7. The Morgan fingerprint density at radius 2 is 1.72 bits per heavy atom. The van der Waals surface area contributed by atoms with Crippen molar-refractivity contribution in [3.63, 3.8) is 0 Å². The van der Waals surface area contributed by atoms with Crippen molar-refractivity contribution in [1.82, 2.24) is 0 Å². The molecule has 7 N–H and O–H groups in total. The molecule has 1 saturated carbocycles. The van der Waals surface area contributed by atoms with Crippen LogP contribution >= 0.6 is 0 Å². The molecule has 2 aromatic carbocycles. The Balaban J connectivity index is 0.000000226. The van der Waals surface area contributed by atoms with Gasteiger partial charge in [0, 0.05) is 11.6 Å². The summed E-state index contributed by atoms with van der Waals surface area (Å²) in [5.74, 6) is -0.933. The Labute approximate surface area is 173 Å². The molecule has 160 valence electrons. The van der Waals surface area contributed by atoms with Gasteiger partial charge in [0.25, 0.3) is 0 Å². The number of aldehydes is 1. The topological polar surface area (TPSA) is 132 Å². The number of unbranched alkanes of at least 4 members (excludes halogenated alkanes) is 1. The monoisotopic (exact) mass is 401 g/mol. The van der Waals surface area contributed by atoms with Crippen LogP contribution in [0.1, 0.15) is 61.7 Å². The number of benzene rings is 2. The van der Waals surface area contributed by atoms with E-state index in [0.717, 1.165) is 35.5 Å². The van der Waals surface area contributed by atoms with Crippen molar-refractivity contribution in [2.24, 2.45) is 17.2 Å². The molecule has 0 spiro atoms. The summed E-state index contributed by atoms with van der Waals surface area (Å²) in [5, 5.41) is 10.5. The lowest BCUT2D eigenvalue weighted by atomic mass is 9.97. The molecule has 0 radical (unpaired) electrons. The number of carboxylic acids is 1. The first-order valence-electron chi connectivity index (χ1n) is 10.4. The number of carbonyl (C=O) groups is 2. The summed E-state index contributed by atoms with van der Waals surface area (Å²) < 4.78 is 0. The third-order valence-electron chi connectivity index (χ3n) is 4.89. The Kier molecular flexibility index (Phi) is 12.5. The van der Waals surface area contributed by atoms with E-state index in [9.17, 15) is 9.59 Å². The van der Waals surface area contributed by atoms with E-state index in [-0.39, 0.29) is 0 Å². The smallest absolute Gasteiger partial charge is 0.320 e. The lowest BCUT2D eigenvalue weighted by Gasteiger charge is -2.15. The van der Waals surface area contributed by atoms with Crippen LogP contribution in [0, 0.1) is 0 Å². The molecule has 0 unspecified atom stereocenters. The number of carboxylic acid groups (broad SMARTS) is 1. The number of hydrogen-bond donors (Lipinski definition) is 4. The van der Waals surface area contributed by atoms with Crippen LogP contribution in [0.5, 0.6) is 0 Å². The van der Waals surface area contributed by atoms with E-state index >= 15 is 0 Å². The number of nitrogens with two attached hydrogens (primary N) is 3. The highest BCUT2D eigenvalue weighted by Crippen LogP contribution is 2.16. The zero-order valence-corrected chi connectivity index (χ0v) is 17.1. The largest absolute Gasteiger partial charge is 0.480 e. The van der Waals surface area contributed by atoms with Gasteiger partial charge in [0.05, 0.1) is 0 Å². The van der Waals surface area contributed by atoms with E-state index in [4.69, 9.17) is 22.3 Å². The summed E-state index contributed by atoms with van der Waals surface area (Å²) in [4.78, 5) is 20.8. The summed E-state index contributed by atoms with van der Waals surface area (Å²) in [5.41, 5.74) is 16.8. The van der Waals surface area contributed by atoms with Gasteiger partial charge in [0.1, 0.15) is 6.04 Å². The normalized spacial score (nSPS) is 14.7. The Morgan fingerprint density at radius 1 is 1.07 bits per heavy atom. The molecule has 1 aliphatic rings. The number of aliphatic carboxylic acids is 1. The van der Waals surface area contributed by atoms with E-state index in [1.165, 1.54) is 32.1 Å². The minimum Gasteiger partial charge on any atom is -0.480 e. The second-order valence-corrected chi connectivity index (χ2v) is 7.31. The maximum Gasteiger partial charge on any atom is 0.320 e. The van der Waals surface area contributed by atoms with Crippen LogP contribution in [0.15, 0.2) is 42.5 Å². The van der Waals surface area contributed by atoms with Crippen LogP contribution in [-0.4, -0.2) is 36.0 Å². The van der Waals surface area contributed by atoms with Gasteiger partial charge in [-0.1, -0.05) is 68.1 Å². The van der Waals surface area contributed by atoms with Crippen molar-refractivity contribution in [2.45, 2.75) is 63.5 Å². The lowest BCUT2D eigenvalue weighted by Crippen LogP contribution is -2.29. The molecule has 2 aromatic rings. The van der Waals surface area contributed by atoms with Crippen molar-refractivity contribution < 1.29 is 14.7 Å². The first-order valence-corrected chi connectivity index (χ1v) is 10.4. The van der Waals surface area contributed by atoms with Crippen molar-refractivity contribution in [3.05, 3.63) is 48.0 Å². The summed E-state index contributed by atoms with van der Waals surface area (Å²) >= 11 is 0. The van der Waals surface area contributed by atoms with Gasteiger partial charge in [-0.05, 0) is 43.0 Å². The van der Waals surface area contributed by atoms with Gasteiger partial charge in [0.2, 0.25) is 0 Å². The molecule has 0 amide bonds. The molecule has 1 aliphatic carbocycles. The van der Waals surface area contributed by atoms with Gasteiger partial charge in [-0.3, -0.25) is 9.59 Å². The Morgan fingerprint density at radius 3 is 2.28 bits per heavy atom. The number of hydrogen-bond acceptors (Lipinski definition) is 5. The zero-order valence-electron chi connectivity index (χ0n) is 17.1. The standard InChI is InChI=1S/C11H8O.C6H14N2O2.C6H13N/c12-8-10-6-3-5-9-4-1-2-7-11(9)10;7-4-2-1-3-5(8)6(9)10;7-6-4-2-1-3-5-6/h1-8H;5H,1-4,7-8H2,(H,9,10);6H,1-5,7H2/t;5-;/m.0./s1. The van der Waals surface area contributed by atoms with Crippen molar-refractivity contribution >= 4 is 23.0 Å². The molecule has 0 aromatic heterocycles. The second-order valence-electron chi connectivity index (χ2n) is 7.31. The molecule has 0 aliphatic heterocycles. The summed E-state index contributed by atoms with van der Waals surface area (Å²) in [6.45, 7) is 0.604. The molecule has 3 rings (SSSR count). The van der Waals surface area contributed by atoms with Crippen LogP contribution < -0.4 is 17.2 Å². The molecule has 6 nitrogen and oxygen atoms in total. The molecule has 1 atom stereocenters. The predicted molar refractivity (Wildman–Crippen MR) is 119 cm³/mol. The maximum absolute atomic E-state index is 10.6. The summed E-state index contributed by atoms with van der Waals surface area (Å²) in [7, 11) is 0. The van der Waals surface area contributed by atoms with Gasteiger partial charge >= 0.3 is 5.97 Å². The van der Waals surface area contributed by atoms with Crippen LogP contribution in [0.3, 0.4) is 0 Å². The van der Waals surface area contributed by atoms with Gasteiger partial charge in [-0.2, -0.15) is 0 Å². The molecule has 6 heteroatoms. The lowest BCUT2D eigenvalue weighted by molar-refractivity contribution is -0.138. The molecule has 29 heavy (non-hydrogen) atoms. The van der Waals surface area contributed by atoms with Crippen LogP contribution in [0.2, 0.25) is 0 Å². The van der Waals surface area contributed by atoms with Gasteiger partial charge in [0.15, 0.2) is 6.29 Å². The average Bonchev–Trinajstić information content (AvgIpc) is 2.75. The Bertz CT molecular complexity index is 725. The molecule has 0 bridgehead atoms. The van der Waals surface area contributed by atoms with Crippen LogP contribution in [0.25, 0.3) is 10.8 Å². The quantitative estimate of drug-likeness (QED) is 0.433. The first kappa shape index (κ1) is 24.8. The van der Waals surface area contributed by atoms with Crippen molar-refractivity contribution in [3.8, 4) is 0 Å². The fourth-order valence-corrected chi connectivity index (χ4v) is 3.12. The first-order chi connectivity index (χ1) is 14.0. The molecule has 0 saturated heterocycles. The highest BCUT2D eigenvalue weighted by atomic mass is 16.4. The minimum absolute atomic E-state index is 0.520. The minimum atomic E-state index is -0.933. The van der Waals surface area contributed by atoms with Gasteiger partial charge < -0.3 is 22.3 Å². The van der Waals surface area contributed by atoms with Crippen LogP contribution in [-0.2, 0) is 4.79 Å². The van der Waals surface area contributed by atoms with E-state index in [1.807, 2.05) is 42.5 Å².